The van der Waals surface area contributed by atoms with Crippen LogP contribution in [0.4, 0.5) is 0 Å². The van der Waals surface area contributed by atoms with Gasteiger partial charge in [-0.1, -0.05) is 90.4 Å². The van der Waals surface area contributed by atoms with E-state index in [9.17, 15) is 14.4 Å². The first-order valence-corrected chi connectivity index (χ1v) is 21.4. The molecule has 1 fully saturated rings. The van der Waals surface area contributed by atoms with Gasteiger partial charge in [0.05, 0.1) is 124 Å². The Hall–Kier alpha value is -1.36. The number of thioether (sulfide) groups is 1. The lowest BCUT2D eigenvalue weighted by molar-refractivity contribution is -0.140. The minimum absolute atomic E-state index is 0.00680. The monoisotopic (exact) mass is 779 g/mol. The van der Waals surface area contributed by atoms with Crippen molar-refractivity contribution in [1.82, 2.24) is 4.90 Å². The third-order valence-corrected chi connectivity index (χ3v) is 9.84. The average molecular weight is 780 g/mol. The number of carboxylic acid groups (broad SMARTS) is 1. The number of unbranched alkanes of at least 4 members (excludes halogenated alkanes) is 13. The lowest BCUT2D eigenvalue weighted by atomic mass is 10.0. The lowest BCUT2D eigenvalue weighted by Crippen LogP contribution is -2.34. The van der Waals surface area contributed by atoms with E-state index < -0.39 is 5.97 Å². The van der Waals surface area contributed by atoms with Crippen molar-refractivity contribution in [3.05, 3.63) is 0 Å². The molecule has 312 valence electrons. The predicted molar refractivity (Wildman–Crippen MR) is 207 cm³/mol. The molecule has 1 aliphatic heterocycles. The Balaban J connectivity index is 1.79. The SMILES string of the molecule is CCCCCCCCCCCCCCCCSC1CC(=O)N(CCOCCOCCOCCOCCOCCOCCOCCOCCC(=O)O)C1=O. The van der Waals surface area contributed by atoms with E-state index in [1.807, 2.05) is 0 Å². The maximum Gasteiger partial charge on any atom is 0.305 e. The highest BCUT2D eigenvalue weighted by molar-refractivity contribution is 8.00. The van der Waals surface area contributed by atoms with Crippen molar-refractivity contribution < 1.29 is 57.4 Å². The summed E-state index contributed by atoms with van der Waals surface area (Å²) < 4.78 is 43.4. The molecule has 0 aliphatic carbocycles. The molecule has 0 aromatic rings. The molecule has 0 bridgehead atoms. The maximum atomic E-state index is 12.7. The minimum Gasteiger partial charge on any atom is -0.481 e. The summed E-state index contributed by atoms with van der Waals surface area (Å²) in [6.07, 6.45) is 19.0. The summed E-state index contributed by atoms with van der Waals surface area (Å²) in [4.78, 5) is 36.8. The molecule has 0 radical (unpaired) electrons. The normalized spacial score (nSPS) is 14.6. The van der Waals surface area contributed by atoms with Gasteiger partial charge in [-0.15, -0.1) is 11.8 Å². The van der Waals surface area contributed by atoms with Gasteiger partial charge in [-0.3, -0.25) is 19.3 Å². The summed E-state index contributed by atoms with van der Waals surface area (Å²) in [6.45, 7) is 9.21. The lowest BCUT2D eigenvalue weighted by Gasteiger charge is -2.15. The van der Waals surface area contributed by atoms with Gasteiger partial charge in [0.1, 0.15) is 0 Å². The minimum atomic E-state index is -0.877. The molecule has 0 aromatic heterocycles. The number of carboxylic acids is 1. The van der Waals surface area contributed by atoms with Crippen LogP contribution in [-0.2, 0) is 52.3 Å². The number of carbonyl (C=O) groups excluding carboxylic acids is 2. The van der Waals surface area contributed by atoms with Crippen LogP contribution < -0.4 is 0 Å². The summed E-state index contributed by atoms with van der Waals surface area (Å²) in [5, 5.41) is 8.26. The number of carbonyl (C=O) groups is 3. The number of ether oxygens (including phenoxy) is 8. The summed E-state index contributed by atoms with van der Waals surface area (Å²) in [5.41, 5.74) is 0. The number of nitrogens with zero attached hydrogens (tertiary/aromatic N) is 1. The van der Waals surface area contributed by atoms with Crippen LogP contribution in [0, 0.1) is 0 Å². The van der Waals surface area contributed by atoms with Crippen molar-refractivity contribution in [2.45, 2.75) is 115 Å². The summed E-state index contributed by atoms with van der Waals surface area (Å²) in [5.74, 6) is -0.107. The summed E-state index contributed by atoms with van der Waals surface area (Å²) >= 11 is 1.64. The Morgan fingerprint density at radius 3 is 1.26 bits per heavy atom. The van der Waals surface area contributed by atoms with Gasteiger partial charge in [0.25, 0.3) is 0 Å². The summed E-state index contributed by atoms with van der Waals surface area (Å²) in [6, 6.07) is 0. The molecule has 1 rings (SSSR count). The molecule has 1 aliphatic rings. The molecule has 1 heterocycles. The second kappa shape index (κ2) is 38.9. The molecule has 1 N–H and O–H groups in total. The standard InChI is InChI=1S/C39H73NO12S/c1-2-3-4-5-6-7-8-9-10-11-12-13-14-15-34-53-36-35-37(41)40(39(36)44)17-19-46-21-23-48-25-27-50-29-31-52-33-32-51-30-28-49-26-24-47-22-20-45-18-16-38(42)43/h36H,2-35H2,1H3,(H,42,43). The molecule has 0 spiro atoms. The van der Waals surface area contributed by atoms with E-state index >= 15 is 0 Å². The second-order valence-corrected chi connectivity index (χ2v) is 14.4. The topological polar surface area (TPSA) is 149 Å². The molecular weight excluding hydrogens is 706 g/mol. The van der Waals surface area contributed by atoms with E-state index in [1.54, 1.807) is 11.8 Å². The van der Waals surface area contributed by atoms with Gasteiger partial charge in [-0.25, -0.2) is 0 Å². The predicted octanol–water partition coefficient (Wildman–Crippen LogP) is 5.94. The highest BCUT2D eigenvalue weighted by Crippen LogP contribution is 2.26. The molecule has 53 heavy (non-hydrogen) atoms. The van der Waals surface area contributed by atoms with E-state index in [0.717, 1.165) is 12.2 Å². The Morgan fingerprint density at radius 1 is 0.547 bits per heavy atom. The van der Waals surface area contributed by atoms with Crippen molar-refractivity contribution in [2.75, 3.05) is 118 Å². The van der Waals surface area contributed by atoms with Crippen molar-refractivity contribution in [1.29, 1.82) is 0 Å². The third kappa shape index (κ3) is 32.6. The largest absolute Gasteiger partial charge is 0.481 e. The number of hydrogen-bond acceptors (Lipinski definition) is 12. The molecule has 1 unspecified atom stereocenters. The van der Waals surface area contributed by atoms with Crippen LogP contribution in [0.15, 0.2) is 0 Å². The zero-order valence-corrected chi connectivity index (χ0v) is 33.7. The number of amides is 2. The fraction of sp³-hybridized carbons (Fsp3) is 0.923. The van der Waals surface area contributed by atoms with Crippen molar-refractivity contribution in [2.24, 2.45) is 0 Å². The maximum absolute atomic E-state index is 12.7. The van der Waals surface area contributed by atoms with Gasteiger partial charge in [-0.2, -0.15) is 0 Å². The van der Waals surface area contributed by atoms with Crippen LogP contribution in [0.1, 0.15) is 110 Å². The number of imide groups is 1. The Morgan fingerprint density at radius 2 is 0.887 bits per heavy atom. The van der Waals surface area contributed by atoms with Crippen molar-refractivity contribution >= 4 is 29.5 Å². The van der Waals surface area contributed by atoms with Crippen LogP contribution in [0.25, 0.3) is 0 Å². The number of aliphatic carboxylic acids is 1. The van der Waals surface area contributed by atoms with Gasteiger partial charge in [0, 0.05) is 6.42 Å². The molecule has 2 amide bonds. The second-order valence-electron chi connectivity index (χ2n) is 13.1. The quantitative estimate of drug-likeness (QED) is 0.0576. The third-order valence-electron chi connectivity index (χ3n) is 8.54. The zero-order chi connectivity index (χ0) is 38.3. The Kier molecular flexibility index (Phi) is 36.4. The van der Waals surface area contributed by atoms with Gasteiger partial charge in [0.15, 0.2) is 0 Å². The zero-order valence-electron chi connectivity index (χ0n) is 32.9. The fourth-order valence-electron chi connectivity index (χ4n) is 5.50. The molecule has 0 aromatic carbocycles. The smallest absolute Gasteiger partial charge is 0.305 e. The highest BCUT2D eigenvalue weighted by atomic mass is 32.2. The number of hydrogen-bond donors (Lipinski definition) is 1. The van der Waals surface area contributed by atoms with Crippen LogP contribution in [0.2, 0.25) is 0 Å². The van der Waals surface area contributed by atoms with Crippen LogP contribution >= 0.6 is 11.8 Å². The first-order valence-electron chi connectivity index (χ1n) is 20.4. The van der Waals surface area contributed by atoms with E-state index in [-0.39, 0.29) is 30.1 Å². The van der Waals surface area contributed by atoms with Crippen molar-refractivity contribution in [3.63, 3.8) is 0 Å². The van der Waals surface area contributed by atoms with Crippen LogP contribution in [-0.4, -0.2) is 151 Å². The number of likely N-dealkylation sites (tertiary alicyclic amines) is 1. The van der Waals surface area contributed by atoms with Gasteiger partial charge >= 0.3 is 5.97 Å². The average Bonchev–Trinajstić information content (AvgIpc) is 3.42. The molecule has 0 saturated carbocycles. The number of rotatable bonds is 43. The summed E-state index contributed by atoms with van der Waals surface area (Å²) in [7, 11) is 0. The first kappa shape index (κ1) is 49.7. The van der Waals surface area contributed by atoms with Gasteiger partial charge in [-0.05, 0) is 12.2 Å². The van der Waals surface area contributed by atoms with Gasteiger partial charge < -0.3 is 43.0 Å². The van der Waals surface area contributed by atoms with E-state index in [0.29, 0.717) is 112 Å². The van der Waals surface area contributed by atoms with Crippen molar-refractivity contribution in [3.8, 4) is 0 Å². The molecule has 14 heteroatoms. The van der Waals surface area contributed by atoms with E-state index in [2.05, 4.69) is 6.92 Å². The Labute approximate surface area is 324 Å². The van der Waals surface area contributed by atoms with E-state index in [4.69, 9.17) is 43.0 Å². The molecule has 1 atom stereocenters. The Bertz CT molecular complexity index is 855. The van der Waals surface area contributed by atoms with Crippen LogP contribution in [0.3, 0.4) is 0 Å². The molecule has 1 saturated heterocycles. The van der Waals surface area contributed by atoms with E-state index in [1.165, 1.54) is 88.4 Å². The van der Waals surface area contributed by atoms with Crippen LogP contribution in [0.5, 0.6) is 0 Å². The molecule has 13 nitrogen and oxygen atoms in total. The molecular formula is C39H73NO12S. The van der Waals surface area contributed by atoms with Gasteiger partial charge in [0.2, 0.25) is 11.8 Å². The first-order chi connectivity index (χ1) is 26.1. The fourth-order valence-corrected chi connectivity index (χ4v) is 6.68. The highest BCUT2D eigenvalue weighted by Gasteiger charge is 2.38.